The Kier molecular flexibility index (Phi) is 8.47. The third-order valence-electron chi connectivity index (χ3n) is 5.69. The van der Waals surface area contributed by atoms with Gasteiger partial charge >= 0.3 is 0 Å². The first-order valence-electron chi connectivity index (χ1n) is 10.2. The minimum Gasteiger partial charge on any atom is -0.352 e. The Morgan fingerprint density at radius 2 is 1.85 bits per heavy atom. The number of carbonyl (C=O) groups excluding carboxylic acids is 3. The van der Waals surface area contributed by atoms with Gasteiger partial charge in [0.25, 0.3) is 5.91 Å². The van der Waals surface area contributed by atoms with Crippen molar-refractivity contribution in [3.63, 3.8) is 0 Å². The number of alkyl halides is 1. The molecule has 3 unspecified atom stereocenters. The van der Waals surface area contributed by atoms with Crippen molar-refractivity contribution >= 4 is 17.7 Å². The van der Waals surface area contributed by atoms with Crippen LogP contribution in [0.25, 0.3) is 0 Å². The van der Waals surface area contributed by atoms with E-state index in [9.17, 15) is 18.8 Å². The minimum atomic E-state index is -2.13. The van der Waals surface area contributed by atoms with Gasteiger partial charge in [0.15, 0.2) is 6.17 Å². The number of nitrogens with one attached hydrogen (secondary N) is 2. The van der Waals surface area contributed by atoms with Gasteiger partial charge in [0, 0.05) is 12.6 Å². The van der Waals surface area contributed by atoms with E-state index in [2.05, 4.69) is 5.32 Å². The second-order valence-corrected chi connectivity index (χ2v) is 7.66. The molecule has 3 atom stereocenters. The van der Waals surface area contributed by atoms with E-state index in [-0.39, 0.29) is 18.4 Å². The molecule has 1 saturated carbocycles. The van der Waals surface area contributed by atoms with Crippen LogP contribution in [-0.4, -0.2) is 52.6 Å². The summed E-state index contributed by atoms with van der Waals surface area (Å²) in [6.07, 6.45) is 5.92. The molecule has 3 N–H and O–H groups in total. The van der Waals surface area contributed by atoms with E-state index in [0.29, 0.717) is 25.8 Å². The number of nitrogens with zero attached hydrogens (tertiary/aromatic N) is 1. The number of likely N-dealkylation sites (tertiary alicyclic amines) is 1. The van der Waals surface area contributed by atoms with E-state index in [1.165, 1.54) is 16.8 Å². The van der Waals surface area contributed by atoms with Gasteiger partial charge in [-0.1, -0.05) is 39.0 Å². The zero-order valence-electron chi connectivity index (χ0n) is 16.1. The zero-order valence-corrected chi connectivity index (χ0v) is 16.1. The summed E-state index contributed by atoms with van der Waals surface area (Å²) in [5.41, 5.74) is 1.29. The van der Waals surface area contributed by atoms with Gasteiger partial charge in [0.05, 0.1) is 5.92 Å². The van der Waals surface area contributed by atoms with E-state index in [1.807, 2.05) is 6.92 Å². The van der Waals surface area contributed by atoms with Gasteiger partial charge in [-0.2, -0.15) is 0 Å². The normalized spacial score (nSPS) is 22.9. The van der Waals surface area contributed by atoms with Crippen LogP contribution in [0.2, 0.25) is 0 Å². The number of amides is 3. The average Bonchev–Trinajstić information content (AvgIpc) is 3.18. The highest BCUT2D eigenvalue weighted by atomic mass is 19.1. The predicted molar refractivity (Wildman–Crippen MR) is 97.6 cm³/mol. The Morgan fingerprint density at radius 3 is 2.48 bits per heavy atom. The molecule has 154 valence electrons. The molecule has 2 aliphatic rings. The van der Waals surface area contributed by atoms with Crippen molar-refractivity contribution in [2.45, 2.75) is 89.4 Å². The van der Waals surface area contributed by atoms with Gasteiger partial charge in [0.1, 0.15) is 6.04 Å². The summed E-state index contributed by atoms with van der Waals surface area (Å²) in [5.74, 6) is -3.09. The molecule has 1 aliphatic carbocycles. The van der Waals surface area contributed by atoms with Gasteiger partial charge in [-0.15, -0.1) is 0 Å². The number of hydrogen-bond acceptors (Lipinski definition) is 4. The van der Waals surface area contributed by atoms with Crippen LogP contribution in [0.15, 0.2) is 0 Å². The molecular weight excluding hydrogens is 353 g/mol. The van der Waals surface area contributed by atoms with Gasteiger partial charge in [0.2, 0.25) is 11.8 Å². The van der Waals surface area contributed by atoms with Gasteiger partial charge in [-0.3, -0.25) is 19.6 Å². The molecule has 1 heterocycles. The van der Waals surface area contributed by atoms with Crippen LogP contribution >= 0.6 is 0 Å². The van der Waals surface area contributed by atoms with E-state index in [1.54, 1.807) is 0 Å². The maximum atomic E-state index is 14.5. The molecule has 7 nitrogen and oxygen atoms in total. The first kappa shape index (κ1) is 21.6. The highest BCUT2D eigenvalue weighted by Gasteiger charge is 2.42. The first-order valence-corrected chi connectivity index (χ1v) is 10.2. The summed E-state index contributed by atoms with van der Waals surface area (Å²) in [7, 11) is 0. The number of unbranched alkanes of at least 4 members (excludes halogenated alkanes) is 1. The highest BCUT2D eigenvalue weighted by molar-refractivity contribution is 5.92. The lowest BCUT2D eigenvalue weighted by Crippen LogP contribution is -2.52. The van der Waals surface area contributed by atoms with Gasteiger partial charge < -0.3 is 10.2 Å². The van der Waals surface area contributed by atoms with Crippen LogP contribution in [0.5, 0.6) is 0 Å². The van der Waals surface area contributed by atoms with Gasteiger partial charge in [-0.25, -0.2) is 9.87 Å². The molecule has 1 aliphatic heterocycles. The number of rotatable bonds is 8. The van der Waals surface area contributed by atoms with Crippen LogP contribution in [0.3, 0.4) is 0 Å². The Balaban J connectivity index is 2.05. The lowest BCUT2D eigenvalue weighted by atomic mass is 9.94. The SMILES string of the molecule is CCCCC(C(=O)N1CCCC1C(=O)NC1CCCCC1)C(F)C(=O)NO. The van der Waals surface area contributed by atoms with Crippen molar-refractivity contribution in [3.8, 4) is 0 Å². The largest absolute Gasteiger partial charge is 0.352 e. The Labute approximate surface area is 160 Å². The summed E-state index contributed by atoms with van der Waals surface area (Å²) in [4.78, 5) is 38.6. The number of hydrogen-bond donors (Lipinski definition) is 3. The fourth-order valence-corrected chi connectivity index (χ4v) is 4.12. The zero-order chi connectivity index (χ0) is 19.8. The molecule has 3 amide bonds. The highest BCUT2D eigenvalue weighted by Crippen LogP contribution is 2.26. The van der Waals surface area contributed by atoms with E-state index in [0.717, 1.165) is 32.1 Å². The Morgan fingerprint density at radius 1 is 1.15 bits per heavy atom. The maximum Gasteiger partial charge on any atom is 0.278 e. The van der Waals surface area contributed by atoms with Crippen molar-refractivity contribution in [1.82, 2.24) is 15.7 Å². The summed E-state index contributed by atoms with van der Waals surface area (Å²) < 4.78 is 14.5. The van der Waals surface area contributed by atoms with Crippen LogP contribution < -0.4 is 10.8 Å². The smallest absolute Gasteiger partial charge is 0.278 e. The first-order chi connectivity index (χ1) is 13.0. The van der Waals surface area contributed by atoms with Crippen molar-refractivity contribution in [3.05, 3.63) is 0 Å². The molecule has 2 fully saturated rings. The van der Waals surface area contributed by atoms with Crippen LogP contribution in [-0.2, 0) is 14.4 Å². The molecule has 1 saturated heterocycles. The molecule has 0 bridgehead atoms. The molecule has 0 radical (unpaired) electrons. The number of halogens is 1. The lowest BCUT2D eigenvalue weighted by molar-refractivity contribution is -0.149. The minimum absolute atomic E-state index is 0.147. The van der Waals surface area contributed by atoms with E-state index >= 15 is 0 Å². The molecule has 2 rings (SSSR count). The second kappa shape index (κ2) is 10.6. The standard InChI is InChI=1S/C19H32FN3O4/c1-2-3-10-14(16(20)18(25)22-27)19(26)23-12-7-11-15(23)17(24)21-13-8-5-4-6-9-13/h13-16,27H,2-12H2,1H3,(H,21,24)(H,22,25). The van der Waals surface area contributed by atoms with Crippen molar-refractivity contribution in [2.24, 2.45) is 5.92 Å². The maximum absolute atomic E-state index is 14.5. The fraction of sp³-hybridized carbons (Fsp3) is 0.842. The van der Waals surface area contributed by atoms with Crippen molar-refractivity contribution in [1.29, 1.82) is 0 Å². The molecule has 0 aromatic rings. The molecule has 0 aromatic carbocycles. The summed E-state index contributed by atoms with van der Waals surface area (Å²) >= 11 is 0. The lowest BCUT2D eigenvalue weighted by Gasteiger charge is -2.31. The third kappa shape index (κ3) is 5.64. The molecular formula is C19H32FN3O4. The van der Waals surface area contributed by atoms with Crippen molar-refractivity contribution in [2.75, 3.05) is 6.54 Å². The summed E-state index contributed by atoms with van der Waals surface area (Å²) in [6, 6.07) is -0.457. The van der Waals surface area contributed by atoms with Crippen LogP contribution in [0.1, 0.15) is 71.1 Å². The van der Waals surface area contributed by atoms with E-state index in [4.69, 9.17) is 5.21 Å². The molecule has 0 spiro atoms. The van der Waals surface area contributed by atoms with Crippen LogP contribution in [0, 0.1) is 5.92 Å². The molecule has 0 aromatic heterocycles. The average molecular weight is 385 g/mol. The quantitative estimate of drug-likeness (QED) is 0.440. The molecule has 27 heavy (non-hydrogen) atoms. The predicted octanol–water partition coefficient (Wildman–Crippen LogP) is 2.08. The number of carbonyl (C=O) groups is 3. The molecule has 8 heteroatoms. The number of hydroxylamine groups is 1. The Bertz CT molecular complexity index is 525. The van der Waals surface area contributed by atoms with Crippen LogP contribution in [0.4, 0.5) is 4.39 Å². The Hall–Kier alpha value is -1.70. The topological polar surface area (TPSA) is 98.7 Å². The van der Waals surface area contributed by atoms with Crippen molar-refractivity contribution < 1.29 is 24.0 Å². The van der Waals surface area contributed by atoms with E-state index < -0.39 is 29.9 Å². The fourth-order valence-electron chi connectivity index (χ4n) is 4.12. The monoisotopic (exact) mass is 385 g/mol. The summed E-state index contributed by atoms with van der Waals surface area (Å²) in [5, 5.41) is 11.8. The summed E-state index contributed by atoms with van der Waals surface area (Å²) in [6.45, 7) is 2.30. The second-order valence-electron chi connectivity index (χ2n) is 7.66. The van der Waals surface area contributed by atoms with Gasteiger partial charge in [-0.05, 0) is 32.1 Å². The third-order valence-corrected chi connectivity index (χ3v) is 5.69.